The highest BCUT2D eigenvalue weighted by Gasteiger charge is 2.46. The molecular weight excluding hydrogens is 140 g/mol. The predicted molar refractivity (Wildman–Crippen MR) is 46.9 cm³/mol. The van der Waals surface area contributed by atoms with Gasteiger partial charge in [-0.3, -0.25) is 0 Å². The summed E-state index contributed by atoms with van der Waals surface area (Å²) in [5.74, 6) is 0. The van der Waals surface area contributed by atoms with Gasteiger partial charge in [0.05, 0.1) is 19.9 Å². The van der Waals surface area contributed by atoms with Crippen LogP contribution in [-0.4, -0.2) is 19.9 Å². The Morgan fingerprint density at radius 2 is 1.90 bits per heavy atom. The molecule has 2 atom stereocenters. The van der Waals surface area contributed by atoms with E-state index in [0.717, 1.165) is 0 Å². The average Bonchev–Trinajstić information content (AvgIpc) is 2.44. The van der Waals surface area contributed by atoms with E-state index in [4.69, 9.17) is 4.74 Å². The molecule has 0 spiro atoms. The van der Waals surface area contributed by atoms with Crippen LogP contribution in [0.3, 0.4) is 0 Å². The highest BCUT2D eigenvalue weighted by Crippen LogP contribution is 2.33. The summed E-state index contributed by atoms with van der Waals surface area (Å²) >= 11 is 0. The van der Waals surface area contributed by atoms with E-state index in [-0.39, 0.29) is 0 Å². The standard InChI is InChI=1S/C8H18OSi/c1-5-6-7-8(9-7)10(2,3)4/h7-8H,5-6H2,1-4H3/t7-,8-/m0/s1. The number of rotatable bonds is 3. The van der Waals surface area contributed by atoms with Crippen LogP contribution in [0.2, 0.25) is 19.6 Å². The van der Waals surface area contributed by atoms with Crippen molar-refractivity contribution in [2.75, 3.05) is 0 Å². The summed E-state index contributed by atoms with van der Waals surface area (Å²) in [7, 11) is -0.946. The van der Waals surface area contributed by atoms with Crippen LogP contribution in [0.1, 0.15) is 19.8 Å². The van der Waals surface area contributed by atoms with Gasteiger partial charge >= 0.3 is 0 Å². The van der Waals surface area contributed by atoms with E-state index in [1.165, 1.54) is 12.8 Å². The quantitative estimate of drug-likeness (QED) is 0.454. The largest absolute Gasteiger partial charge is 0.373 e. The van der Waals surface area contributed by atoms with Crippen LogP contribution >= 0.6 is 0 Å². The molecule has 1 nitrogen and oxygen atoms in total. The number of epoxide rings is 1. The van der Waals surface area contributed by atoms with Crippen LogP contribution in [-0.2, 0) is 4.74 Å². The maximum absolute atomic E-state index is 5.58. The summed E-state index contributed by atoms with van der Waals surface area (Å²) in [6, 6.07) is 0. The van der Waals surface area contributed by atoms with Crippen molar-refractivity contribution in [3.63, 3.8) is 0 Å². The second-order valence-electron chi connectivity index (χ2n) is 4.25. The highest BCUT2D eigenvalue weighted by molar-refractivity contribution is 6.78. The Hall–Kier alpha value is 0.177. The van der Waals surface area contributed by atoms with Crippen molar-refractivity contribution in [1.82, 2.24) is 0 Å². The van der Waals surface area contributed by atoms with Gasteiger partial charge in [0.2, 0.25) is 0 Å². The van der Waals surface area contributed by atoms with E-state index >= 15 is 0 Å². The number of hydrogen-bond acceptors (Lipinski definition) is 1. The molecule has 1 rings (SSSR count). The minimum absolute atomic E-state index is 0.636. The van der Waals surface area contributed by atoms with Crippen LogP contribution < -0.4 is 0 Å². The Morgan fingerprint density at radius 1 is 1.30 bits per heavy atom. The molecule has 0 bridgehead atoms. The first-order valence-electron chi connectivity index (χ1n) is 4.21. The van der Waals surface area contributed by atoms with Crippen molar-refractivity contribution in [1.29, 1.82) is 0 Å². The fraction of sp³-hybridized carbons (Fsp3) is 1.00. The van der Waals surface area contributed by atoms with Crippen LogP contribution in [0.25, 0.3) is 0 Å². The lowest BCUT2D eigenvalue weighted by Gasteiger charge is -2.10. The van der Waals surface area contributed by atoms with E-state index < -0.39 is 8.07 Å². The van der Waals surface area contributed by atoms with Crippen molar-refractivity contribution in [2.45, 2.75) is 51.2 Å². The Bertz CT molecular complexity index is 117. The first-order chi connectivity index (χ1) is 4.55. The molecule has 10 heavy (non-hydrogen) atoms. The van der Waals surface area contributed by atoms with E-state index in [2.05, 4.69) is 26.6 Å². The molecule has 2 heteroatoms. The molecule has 0 unspecified atom stereocenters. The van der Waals surface area contributed by atoms with Gasteiger partial charge in [-0.05, 0) is 6.42 Å². The average molecular weight is 158 g/mol. The van der Waals surface area contributed by atoms with Crippen molar-refractivity contribution in [3.05, 3.63) is 0 Å². The van der Waals surface area contributed by atoms with Gasteiger partial charge < -0.3 is 4.74 Å². The molecule has 1 saturated heterocycles. The molecule has 0 saturated carbocycles. The summed E-state index contributed by atoms with van der Waals surface area (Å²) in [5.41, 5.74) is 0.674. The number of hydrogen-bond donors (Lipinski definition) is 0. The van der Waals surface area contributed by atoms with Crippen LogP contribution in [0.15, 0.2) is 0 Å². The lowest BCUT2D eigenvalue weighted by Crippen LogP contribution is -2.30. The third-order valence-corrected chi connectivity index (χ3v) is 4.22. The Labute approximate surface area is 64.8 Å². The second-order valence-corrected chi connectivity index (χ2v) is 9.55. The normalized spacial score (nSPS) is 32.4. The molecular formula is C8H18OSi. The zero-order valence-electron chi connectivity index (χ0n) is 7.48. The lowest BCUT2D eigenvalue weighted by molar-refractivity contribution is 0.383. The molecule has 60 valence electrons. The maximum atomic E-state index is 5.58. The third-order valence-electron chi connectivity index (χ3n) is 2.01. The first-order valence-corrected chi connectivity index (χ1v) is 7.79. The van der Waals surface area contributed by atoms with Gasteiger partial charge in [-0.15, -0.1) is 0 Å². The van der Waals surface area contributed by atoms with Crippen molar-refractivity contribution in [3.8, 4) is 0 Å². The van der Waals surface area contributed by atoms with Gasteiger partial charge in [0, 0.05) is 0 Å². The molecule has 0 radical (unpaired) electrons. The zero-order valence-corrected chi connectivity index (χ0v) is 8.48. The van der Waals surface area contributed by atoms with E-state index in [9.17, 15) is 0 Å². The molecule has 0 aromatic heterocycles. The molecule has 0 aromatic carbocycles. The van der Waals surface area contributed by atoms with Crippen molar-refractivity contribution < 1.29 is 4.74 Å². The highest BCUT2D eigenvalue weighted by atomic mass is 28.3. The molecule has 1 aliphatic heterocycles. The summed E-state index contributed by atoms with van der Waals surface area (Å²) in [6.07, 6.45) is 3.18. The van der Waals surface area contributed by atoms with Crippen LogP contribution in [0, 0.1) is 0 Å². The zero-order chi connectivity index (χ0) is 7.78. The smallest absolute Gasteiger partial charge is 0.0819 e. The van der Waals surface area contributed by atoms with Crippen LogP contribution in [0.5, 0.6) is 0 Å². The van der Waals surface area contributed by atoms with Crippen molar-refractivity contribution in [2.24, 2.45) is 0 Å². The summed E-state index contributed by atoms with van der Waals surface area (Å²) < 4.78 is 5.58. The van der Waals surface area contributed by atoms with Gasteiger partial charge in [-0.1, -0.05) is 33.0 Å². The van der Waals surface area contributed by atoms with E-state index in [1.807, 2.05) is 0 Å². The van der Waals surface area contributed by atoms with Crippen molar-refractivity contribution >= 4 is 8.07 Å². The molecule has 0 N–H and O–H groups in total. The fourth-order valence-corrected chi connectivity index (χ4v) is 3.27. The van der Waals surface area contributed by atoms with Gasteiger partial charge in [0.25, 0.3) is 0 Å². The summed E-state index contributed by atoms with van der Waals surface area (Å²) in [4.78, 5) is 0. The topological polar surface area (TPSA) is 12.5 Å². The first kappa shape index (κ1) is 8.28. The van der Waals surface area contributed by atoms with Gasteiger partial charge in [-0.2, -0.15) is 0 Å². The van der Waals surface area contributed by atoms with E-state index in [0.29, 0.717) is 11.8 Å². The van der Waals surface area contributed by atoms with Gasteiger partial charge in [0.15, 0.2) is 0 Å². The lowest BCUT2D eigenvalue weighted by atomic mass is 10.3. The summed E-state index contributed by atoms with van der Waals surface area (Å²) in [5, 5.41) is 0. The number of ether oxygens (including phenoxy) is 1. The fourth-order valence-electron chi connectivity index (χ4n) is 1.41. The maximum Gasteiger partial charge on any atom is 0.0819 e. The van der Waals surface area contributed by atoms with Crippen LogP contribution in [0.4, 0.5) is 0 Å². The SMILES string of the molecule is CCC[C@@H]1O[C@H]1[Si](C)(C)C. The predicted octanol–water partition coefficient (Wildman–Crippen LogP) is 2.43. The monoisotopic (exact) mass is 158 g/mol. The van der Waals surface area contributed by atoms with Gasteiger partial charge in [-0.25, -0.2) is 0 Å². The van der Waals surface area contributed by atoms with E-state index in [1.54, 1.807) is 0 Å². The Kier molecular flexibility index (Phi) is 2.20. The van der Waals surface area contributed by atoms with Gasteiger partial charge in [0.1, 0.15) is 0 Å². The second kappa shape index (κ2) is 2.66. The molecule has 0 aromatic rings. The minimum atomic E-state index is -0.946. The molecule has 1 fully saturated rings. The minimum Gasteiger partial charge on any atom is -0.373 e. The molecule has 1 heterocycles. The Morgan fingerprint density at radius 3 is 2.20 bits per heavy atom. The Balaban J connectivity index is 2.25. The molecule has 1 aliphatic rings. The molecule has 0 amide bonds. The molecule has 0 aliphatic carbocycles. The third kappa shape index (κ3) is 1.83. The summed E-state index contributed by atoms with van der Waals surface area (Å²) in [6.45, 7) is 9.37.